The number of hydrogen-bond acceptors (Lipinski definition) is 6. The van der Waals surface area contributed by atoms with Crippen LogP contribution < -0.4 is 5.32 Å². The summed E-state index contributed by atoms with van der Waals surface area (Å²) in [5, 5.41) is 33.2. The molecule has 8 heteroatoms. The topological polar surface area (TPSA) is 127 Å². The van der Waals surface area contributed by atoms with Crippen LogP contribution in [0.4, 0.5) is 0 Å². The van der Waals surface area contributed by atoms with Crippen molar-refractivity contribution in [3.05, 3.63) is 65.2 Å². The lowest BCUT2D eigenvalue weighted by atomic mass is 9.98. The van der Waals surface area contributed by atoms with Crippen molar-refractivity contribution in [2.75, 3.05) is 13.1 Å². The fourth-order valence-corrected chi connectivity index (χ4v) is 3.40. The third-order valence-corrected chi connectivity index (χ3v) is 5.01. The van der Waals surface area contributed by atoms with Crippen molar-refractivity contribution >= 4 is 17.6 Å². The lowest BCUT2D eigenvalue weighted by Crippen LogP contribution is -2.54. The van der Waals surface area contributed by atoms with Crippen molar-refractivity contribution in [3.63, 3.8) is 0 Å². The molecule has 0 radical (unpaired) electrons. The summed E-state index contributed by atoms with van der Waals surface area (Å²) in [6.45, 7) is 3.98. The van der Waals surface area contributed by atoms with Gasteiger partial charge in [0.15, 0.2) is 6.10 Å². The zero-order valence-electron chi connectivity index (χ0n) is 18.5. The summed E-state index contributed by atoms with van der Waals surface area (Å²) in [7, 11) is 0. The fraction of sp³-hybridized carbons (Fsp3) is 0.375. The number of aliphatic hydroxyl groups excluding tert-OH is 2. The number of benzene rings is 2. The quantitative estimate of drug-likeness (QED) is 0.438. The largest absolute Gasteiger partial charge is 0.508 e. The molecule has 2 aromatic rings. The van der Waals surface area contributed by atoms with Gasteiger partial charge in [-0.3, -0.25) is 14.4 Å². The Bertz CT molecular complexity index is 945. The van der Waals surface area contributed by atoms with Crippen molar-refractivity contribution in [2.45, 2.75) is 45.4 Å². The van der Waals surface area contributed by atoms with Gasteiger partial charge < -0.3 is 25.5 Å². The maximum atomic E-state index is 13.0. The number of amides is 2. The van der Waals surface area contributed by atoms with Crippen LogP contribution in [0, 0.1) is 6.92 Å². The van der Waals surface area contributed by atoms with Crippen molar-refractivity contribution in [2.24, 2.45) is 0 Å². The van der Waals surface area contributed by atoms with E-state index >= 15 is 0 Å². The molecular weight excluding hydrogens is 412 g/mol. The number of aromatic hydroxyl groups is 1. The van der Waals surface area contributed by atoms with E-state index in [1.807, 2.05) is 6.07 Å². The normalized spacial score (nSPS) is 13.7. The number of Topliss-reactive ketones (excluding diaryl/α,β-unsaturated/α-hetero) is 1. The Balaban J connectivity index is 2.32. The Morgan fingerprint density at radius 3 is 2.28 bits per heavy atom. The molecule has 3 unspecified atom stereocenters. The van der Waals surface area contributed by atoms with Crippen molar-refractivity contribution in [1.82, 2.24) is 10.2 Å². The molecule has 0 saturated heterocycles. The fourth-order valence-electron chi connectivity index (χ4n) is 3.40. The Labute approximate surface area is 187 Å². The van der Waals surface area contributed by atoms with Crippen LogP contribution in [0.3, 0.4) is 0 Å². The molecule has 0 aliphatic carbocycles. The van der Waals surface area contributed by atoms with Crippen molar-refractivity contribution < 1.29 is 29.7 Å². The van der Waals surface area contributed by atoms with Gasteiger partial charge >= 0.3 is 0 Å². The monoisotopic (exact) mass is 442 g/mol. The van der Waals surface area contributed by atoms with Crippen LogP contribution in [0.5, 0.6) is 5.75 Å². The van der Waals surface area contributed by atoms with E-state index in [1.165, 1.54) is 32.0 Å². The molecular formula is C24H30N2O6. The van der Waals surface area contributed by atoms with Gasteiger partial charge in [-0.1, -0.05) is 36.4 Å². The Morgan fingerprint density at radius 1 is 1.03 bits per heavy atom. The SMILES string of the molecule is CC(=O)CN(CC(C)O)C(=O)C(O)C(Cc1ccccc1)NC(=O)c1cccc(O)c1C. The standard InChI is InChI=1S/C24H30N2O6/c1-15(27)13-26(14-16(2)28)24(32)22(30)20(12-18-8-5-4-6-9-18)25-23(31)19-10-7-11-21(29)17(19)3/h4-11,15,20,22,27,29-30H,12-14H2,1-3H3,(H,25,31). The number of nitrogens with one attached hydrogen (secondary N) is 1. The highest BCUT2D eigenvalue weighted by atomic mass is 16.3. The minimum atomic E-state index is -1.66. The molecule has 0 fully saturated rings. The lowest BCUT2D eigenvalue weighted by Gasteiger charge is -2.30. The second-order valence-electron chi connectivity index (χ2n) is 7.93. The smallest absolute Gasteiger partial charge is 0.254 e. The van der Waals surface area contributed by atoms with Gasteiger partial charge in [-0.05, 0) is 44.9 Å². The van der Waals surface area contributed by atoms with E-state index in [-0.39, 0.29) is 36.6 Å². The van der Waals surface area contributed by atoms with E-state index in [2.05, 4.69) is 5.32 Å². The number of phenols is 1. The molecule has 2 amide bonds. The molecule has 8 nitrogen and oxygen atoms in total. The average molecular weight is 443 g/mol. The van der Waals surface area contributed by atoms with Gasteiger partial charge in [-0.25, -0.2) is 0 Å². The van der Waals surface area contributed by atoms with Crippen molar-refractivity contribution in [1.29, 1.82) is 0 Å². The summed E-state index contributed by atoms with van der Waals surface area (Å²) >= 11 is 0. The zero-order valence-corrected chi connectivity index (χ0v) is 18.5. The molecule has 0 heterocycles. The van der Waals surface area contributed by atoms with E-state index < -0.39 is 30.1 Å². The van der Waals surface area contributed by atoms with Crippen LogP contribution in [-0.2, 0) is 16.0 Å². The highest BCUT2D eigenvalue weighted by Gasteiger charge is 2.32. The van der Waals surface area contributed by atoms with Gasteiger partial charge in [-0.15, -0.1) is 0 Å². The van der Waals surface area contributed by atoms with Crippen LogP contribution in [-0.4, -0.2) is 69.2 Å². The Morgan fingerprint density at radius 2 is 1.69 bits per heavy atom. The van der Waals surface area contributed by atoms with Crippen LogP contribution in [0.15, 0.2) is 48.5 Å². The average Bonchev–Trinajstić information content (AvgIpc) is 2.73. The van der Waals surface area contributed by atoms with E-state index in [0.29, 0.717) is 5.56 Å². The summed E-state index contributed by atoms with van der Waals surface area (Å²) in [6.07, 6.45) is -2.41. The number of ketones is 1. The minimum Gasteiger partial charge on any atom is -0.508 e. The predicted molar refractivity (Wildman–Crippen MR) is 119 cm³/mol. The molecule has 172 valence electrons. The van der Waals surface area contributed by atoms with Gasteiger partial charge in [0, 0.05) is 17.7 Å². The molecule has 0 aliphatic heterocycles. The highest BCUT2D eigenvalue weighted by molar-refractivity contribution is 5.97. The molecule has 0 saturated carbocycles. The summed E-state index contributed by atoms with van der Waals surface area (Å²) < 4.78 is 0. The zero-order chi connectivity index (χ0) is 23.8. The van der Waals surface area contributed by atoms with Gasteiger partial charge in [0.1, 0.15) is 11.5 Å². The molecule has 32 heavy (non-hydrogen) atoms. The Hall–Kier alpha value is -3.23. The first-order chi connectivity index (χ1) is 15.1. The molecule has 4 N–H and O–H groups in total. The number of carbonyl (C=O) groups is 3. The van der Waals surface area contributed by atoms with E-state index in [4.69, 9.17) is 0 Å². The van der Waals surface area contributed by atoms with E-state index in [0.717, 1.165) is 10.5 Å². The summed E-state index contributed by atoms with van der Waals surface area (Å²) in [6, 6.07) is 12.6. The van der Waals surface area contributed by atoms with Crippen LogP contribution in [0.1, 0.15) is 35.3 Å². The number of nitrogens with zero attached hydrogens (tertiary/aromatic N) is 1. The third kappa shape index (κ3) is 6.90. The molecule has 2 rings (SSSR count). The molecule has 0 aromatic heterocycles. The van der Waals surface area contributed by atoms with Crippen molar-refractivity contribution in [3.8, 4) is 5.75 Å². The number of carbonyl (C=O) groups excluding carboxylic acids is 3. The van der Waals surface area contributed by atoms with Gasteiger partial charge in [0.25, 0.3) is 11.8 Å². The molecule has 0 bridgehead atoms. The van der Waals surface area contributed by atoms with Crippen LogP contribution >= 0.6 is 0 Å². The first kappa shape index (κ1) is 25.0. The second kappa shape index (κ2) is 11.4. The number of hydrogen-bond donors (Lipinski definition) is 4. The molecule has 3 atom stereocenters. The van der Waals surface area contributed by atoms with Gasteiger partial charge in [-0.2, -0.15) is 0 Å². The first-order valence-electron chi connectivity index (χ1n) is 10.4. The molecule has 0 spiro atoms. The molecule has 0 aliphatic rings. The van der Waals surface area contributed by atoms with Crippen LogP contribution in [0.25, 0.3) is 0 Å². The van der Waals surface area contributed by atoms with Crippen LogP contribution in [0.2, 0.25) is 0 Å². The summed E-state index contributed by atoms with van der Waals surface area (Å²) in [4.78, 5) is 38.6. The second-order valence-corrected chi connectivity index (χ2v) is 7.93. The summed E-state index contributed by atoms with van der Waals surface area (Å²) in [5.41, 5.74) is 1.37. The highest BCUT2D eigenvalue weighted by Crippen LogP contribution is 2.20. The van der Waals surface area contributed by atoms with Gasteiger partial charge in [0.2, 0.25) is 0 Å². The van der Waals surface area contributed by atoms with Gasteiger partial charge in [0.05, 0.1) is 18.7 Å². The van der Waals surface area contributed by atoms with E-state index in [1.54, 1.807) is 31.2 Å². The first-order valence-corrected chi connectivity index (χ1v) is 10.4. The number of aliphatic hydroxyl groups is 2. The summed E-state index contributed by atoms with van der Waals surface area (Å²) in [5.74, 6) is -1.67. The Kier molecular flexibility index (Phi) is 8.92. The maximum Gasteiger partial charge on any atom is 0.254 e. The lowest BCUT2D eigenvalue weighted by molar-refractivity contribution is -0.145. The number of rotatable bonds is 10. The maximum absolute atomic E-state index is 13.0. The number of phenolic OH excluding ortho intramolecular Hbond substituents is 1. The minimum absolute atomic E-state index is 0.0431. The predicted octanol–water partition coefficient (Wildman–Crippen LogP) is 1.20. The van der Waals surface area contributed by atoms with E-state index in [9.17, 15) is 29.7 Å². The molecule has 2 aromatic carbocycles. The third-order valence-electron chi connectivity index (χ3n) is 5.01.